The summed E-state index contributed by atoms with van der Waals surface area (Å²) in [5.74, 6) is 1.26. The summed E-state index contributed by atoms with van der Waals surface area (Å²) in [6, 6.07) is 9.82. The van der Waals surface area contributed by atoms with Crippen LogP contribution in [0.15, 0.2) is 167 Å². The van der Waals surface area contributed by atoms with Crippen molar-refractivity contribution < 1.29 is 0 Å². The Bertz CT molecular complexity index is 1740. The minimum atomic E-state index is 0.304. The molecule has 2 nitrogen and oxygen atoms in total. The van der Waals surface area contributed by atoms with Crippen LogP contribution in [0.3, 0.4) is 0 Å². The van der Waals surface area contributed by atoms with Crippen LogP contribution in [-0.4, -0.2) is 17.0 Å². The fraction of sp³-hybridized carbons (Fsp3) is 0.318. The predicted octanol–water partition coefficient (Wildman–Crippen LogP) is 10.9. The van der Waals surface area contributed by atoms with E-state index >= 15 is 0 Å². The summed E-state index contributed by atoms with van der Waals surface area (Å²) in [6.07, 6.45) is 40.4. The minimum absolute atomic E-state index is 0.304. The Morgan fingerprint density at radius 1 is 0.957 bits per heavy atom. The quantitative estimate of drug-likeness (QED) is 0.272. The van der Waals surface area contributed by atoms with Gasteiger partial charge in [-0.25, -0.2) is 0 Å². The molecule has 234 valence electrons. The molecule has 1 aromatic rings. The number of nitrogens with zero attached hydrogens (tertiary/aromatic N) is 2. The summed E-state index contributed by atoms with van der Waals surface area (Å²) in [4.78, 5) is 5.21. The number of benzene rings is 1. The number of allylic oxidation sites excluding steroid dienone is 17. The van der Waals surface area contributed by atoms with Crippen molar-refractivity contribution in [2.75, 3.05) is 4.90 Å². The van der Waals surface area contributed by atoms with Gasteiger partial charge in [-0.2, -0.15) is 0 Å². The van der Waals surface area contributed by atoms with Gasteiger partial charge in [-0.05, 0) is 118 Å². The Labute approximate surface area is 277 Å². The van der Waals surface area contributed by atoms with E-state index in [9.17, 15) is 0 Å². The van der Waals surface area contributed by atoms with Crippen molar-refractivity contribution in [2.45, 2.75) is 71.9 Å². The molecule has 0 saturated heterocycles. The highest BCUT2D eigenvalue weighted by molar-refractivity contribution is 5.67. The van der Waals surface area contributed by atoms with Crippen LogP contribution in [0.4, 0.5) is 5.69 Å². The fourth-order valence-electron chi connectivity index (χ4n) is 8.42. The van der Waals surface area contributed by atoms with Crippen LogP contribution in [0, 0.1) is 24.7 Å². The van der Waals surface area contributed by atoms with Gasteiger partial charge in [0.25, 0.3) is 0 Å². The smallest absolute Gasteiger partial charge is 0.0557 e. The van der Waals surface area contributed by atoms with Gasteiger partial charge in [-0.3, -0.25) is 0 Å². The molecule has 0 saturated carbocycles. The molecule has 0 heterocycles. The molecule has 0 spiro atoms. The van der Waals surface area contributed by atoms with Crippen LogP contribution < -0.4 is 4.90 Å². The molecule has 5 atom stereocenters. The van der Waals surface area contributed by atoms with Gasteiger partial charge in [0.15, 0.2) is 0 Å². The van der Waals surface area contributed by atoms with Gasteiger partial charge in [0.2, 0.25) is 0 Å². The van der Waals surface area contributed by atoms with Gasteiger partial charge in [0, 0.05) is 40.7 Å². The second-order valence-corrected chi connectivity index (χ2v) is 13.8. The SMILES string of the molecule is C=C/C(=C\C=C\C)N(C1=CC(C)CC=C1)C1CCC2=C(C1)C1=CC=CC3C(N(c4ccc(C)cc4)C4C=CC(C)=CC4)=CC=C2C13. The fourth-order valence-corrected chi connectivity index (χ4v) is 8.42. The zero-order chi connectivity index (χ0) is 31.8. The largest absolute Gasteiger partial charge is 0.338 e. The molecule has 6 aliphatic carbocycles. The van der Waals surface area contributed by atoms with E-state index in [0.29, 0.717) is 29.8 Å². The first-order chi connectivity index (χ1) is 22.5. The lowest BCUT2D eigenvalue weighted by atomic mass is 9.74. The van der Waals surface area contributed by atoms with E-state index in [2.05, 4.69) is 153 Å². The predicted molar refractivity (Wildman–Crippen MR) is 196 cm³/mol. The van der Waals surface area contributed by atoms with Gasteiger partial charge in [-0.1, -0.05) is 104 Å². The van der Waals surface area contributed by atoms with Crippen molar-refractivity contribution in [1.29, 1.82) is 0 Å². The number of rotatable bonds is 8. The standard InChI is InChI=1S/C44H48N2/c1-6-8-12-33(7-2)45(36-13-9-11-32(5)28-36)37-24-25-38-40-26-27-43(41-15-10-14-39(44(40)41)42(38)29-37)46(34-20-16-30(3)17-21-34)35-22-18-31(4)19-23-35/h6-10,12-22,26-28,32,35,37,41,44H,2,11,23-25,29H2,1,3-5H3/b8-6+,33-12+. The first-order valence-electron chi connectivity index (χ1n) is 17.3. The van der Waals surface area contributed by atoms with Gasteiger partial charge in [-0.15, -0.1) is 0 Å². The summed E-state index contributed by atoms with van der Waals surface area (Å²) in [7, 11) is 0. The highest BCUT2D eigenvalue weighted by atomic mass is 15.2. The summed E-state index contributed by atoms with van der Waals surface area (Å²) < 4.78 is 0. The second-order valence-electron chi connectivity index (χ2n) is 13.8. The third kappa shape index (κ3) is 5.53. The van der Waals surface area contributed by atoms with E-state index in [4.69, 9.17) is 0 Å². The first-order valence-corrected chi connectivity index (χ1v) is 17.3. The highest BCUT2D eigenvalue weighted by Gasteiger charge is 2.45. The van der Waals surface area contributed by atoms with Crippen LogP contribution >= 0.6 is 0 Å². The molecular weight excluding hydrogens is 556 g/mol. The molecule has 0 amide bonds. The van der Waals surface area contributed by atoms with Crippen molar-refractivity contribution in [1.82, 2.24) is 4.90 Å². The van der Waals surface area contributed by atoms with E-state index in [1.165, 1.54) is 33.9 Å². The Balaban J connectivity index is 1.25. The van der Waals surface area contributed by atoms with Crippen LogP contribution in [0.5, 0.6) is 0 Å². The maximum atomic E-state index is 4.26. The van der Waals surface area contributed by atoms with E-state index in [1.54, 1.807) is 22.3 Å². The zero-order valence-electron chi connectivity index (χ0n) is 28.0. The van der Waals surface area contributed by atoms with Crippen molar-refractivity contribution in [3.63, 3.8) is 0 Å². The Morgan fingerprint density at radius 2 is 1.78 bits per heavy atom. The molecule has 2 heteroatoms. The summed E-state index contributed by atoms with van der Waals surface area (Å²) >= 11 is 0. The van der Waals surface area contributed by atoms with Gasteiger partial charge < -0.3 is 9.80 Å². The molecule has 6 aliphatic rings. The van der Waals surface area contributed by atoms with E-state index in [-0.39, 0.29) is 0 Å². The third-order valence-corrected chi connectivity index (χ3v) is 10.7. The van der Waals surface area contributed by atoms with Crippen molar-refractivity contribution >= 4 is 5.69 Å². The third-order valence-electron chi connectivity index (χ3n) is 10.7. The monoisotopic (exact) mass is 604 g/mol. The average Bonchev–Trinajstić information content (AvgIpc) is 3.40. The molecule has 46 heavy (non-hydrogen) atoms. The summed E-state index contributed by atoms with van der Waals surface area (Å²) in [5, 5.41) is 0. The van der Waals surface area contributed by atoms with Gasteiger partial charge in [0.1, 0.15) is 0 Å². The number of anilines is 1. The van der Waals surface area contributed by atoms with Crippen molar-refractivity contribution in [3.05, 3.63) is 173 Å². The van der Waals surface area contributed by atoms with Crippen molar-refractivity contribution in [2.24, 2.45) is 17.8 Å². The zero-order valence-corrected chi connectivity index (χ0v) is 28.0. The van der Waals surface area contributed by atoms with E-state index in [0.717, 1.165) is 32.1 Å². The van der Waals surface area contributed by atoms with Crippen LogP contribution in [-0.2, 0) is 0 Å². The number of aryl methyl sites for hydroxylation is 1. The lowest BCUT2D eigenvalue weighted by Crippen LogP contribution is -2.39. The summed E-state index contributed by atoms with van der Waals surface area (Å²) in [6.45, 7) is 13.0. The molecule has 1 aromatic carbocycles. The molecule has 0 bridgehead atoms. The van der Waals surface area contributed by atoms with Crippen LogP contribution in [0.1, 0.15) is 58.4 Å². The second kappa shape index (κ2) is 12.8. The summed E-state index contributed by atoms with van der Waals surface area (Å²) in [5.41, 5.74) is 14.1. The Hall–Kier alpha value is -4.30. The molecule has 0 N–H and O–H groups in total. The molecule has 0 radical (unpaired) electrons. The Kier molecular flexibility index (Phi) is 8.47. The molecule has 0 fully saturated rings. The number of fused-ring (bicyclic) bond motifs is 2. The van der Waals surface area contributed by atoms with E-state index in [1.807, 2.05) is 6.08 Å². The maximum absolute atomic E-state index is 4.26. The first kappa shape index (κ1) is 30.4. The minimum Gasteiger partial charge on any atom is -0.338 e. The molecule has 7 rings (SSSR count). The molecule has 5 unspecified atom stereocenters. The average molecular weight is 605 g/mol. The molecule has 0 aromatic heterocycles. The van der Waals surface area contributed by atoms with Gasteiger partial charge in [0.05, 0.1) is 6.04 Å². The highest BCUT2D eigenvalue weighted by Crippen LogP contribution is 2.56. The maximum Gasteiger partial charge on any atom is 0.0557 e. The Morgan fingerprint density at radius 3 is 2.52 bits per heavy atom. The lowest BCUT2D eigenvalue weighted by Gasteiger charge is -2.42. The molecular formula is C44H48N2. The normalized spacial score (nSPS) is 28.2. The lowest BCUT2D eigenvalue weighted by molar-refractivity contribution is 0.298. The number of hydrogen-bond donors (Lipinski definition) is 0. The van der Waals surface area contributed by atoms with E-state index < -0.39 is 0 Å². The van der Waals surface area contributed by atoms with Crippen molar-refractivity contribution in [3.8, 4) is 0 Å². The number of hydrogen-bond acceptors (Lipinski definition) is 2. The molecule has 0 aliphatic heterocycles. The topological polar surface area (TPSA) is 6.48 Å². The van der Waals surface area contributed by atoms with Gasteiger partial charge >= 0.3 is 0 Å². The van der Waals surface area contributed by atoms with Crippen LogP contribution in [0.25, 0.3) is 0 Å². The van der Waals surface area contributed by atoms with Crippen LogP contribution in [0.2, 0.25) is 0 Å².